The van der Waals surface area contributed by atoms with Crippen molar-refractivity contribution in [2.45, 2.75) is 26.4 Å². The number of ether oxygens (including phenoxy) is 1. The number of hydrogen-bond acceptors (Lipinski definition) is 2. The summed E-state index contributed by atoms with van der Waals surface area (Å²) in [7, 11) is 0. The van der Waals surface area contributed by atoms with E-state index in [0.29, 0.717) is 10.2 Å². The monoisotopic (exact) mass is 272 g/mol. The fourth-order valence-electron chi connectivity index (χ4n) is 1.11. The second-order valence-electron chi connectivity index (χ2n) is 3.25. The van der Waals surface area contributed by atoms with Gasteiger partial charge in [0.05, 0.1) is 6.10 Å². The van der Waals surface area contributed by atoms with E-state index in [2.05, 4.69) is 15.9 Å². The van der Waals surface area contributed by atoms with Crippen LogP contribution in [0.25, 0.3) is 0 Å². The van der Waals surface area contributed by atoms with E-state index in [-0.39, 0.29) is 11.7 Å². The number of halogens is 1. The van der Waals surface area contributed by atoms with Crippen LogP contribution in [0, 0.1) is 0 Å². The third-order valence-electron chi connectivity index (χ3n) is 2.09. The molecule has 0 amide bonds. The van der Waals surface area contributed by atoms with Crippen molar-refractivity contribution in [2.24, 2.45) is 0 Å². The first-order chi connectivity index (χ1) is 7.06. The summed E-state index contributed by atoms with van der Waals surface area (Å²) in [6.45, 7) is 3.90. The van der Waals surface area contributed by atoms with Gasteiger partial charge in [-0.15, -0.1) is 0 Å². The standard InChI is InChI=1S/C11H13BrO3/c1-3-7(2)15-9-6-4-5-8(12)10(9)11(13)14/h4-7H,3H2,1-2H3,(H,13,14). The summed E-state index contributed by atoms with van der Waals surface area (Å²) in [6.07, 6.45) is 0.850. The molecule has 0 bridgehead atoms. The molecule has 0 heterocycles. The molecule has 1 N–H and O–H groups in total. The summed E-state index contributed by atoms with van der Waals surface area (Å²) >= 11 is 3.20. The molecule has 0 radical (unpaired) electrons. The maximum atomic E-state index is 11.0. The molecule has 0 fully saturated rings. The van der Waals surface area contributed by atoms with Crippen molar-refractivity contribution in [3.8, 4) is 5.75 Å². The third kappa shape index (κ3) is 2.96. The zero-order valence-electron chi connectivity index (χ0n) is 8.66. The van der Waals surface area contributed by atoms with E-state index in [4.69, 9.17) is 9.84 Å². The Labute approximate surface area is 97.2 Å². The minimum absolute atomic E-state index is 0.0115. The third-order valence-corrected chi connectivity index (χ3v) is 2.75. The van der Waals surface area contributed by atoms with Gasteiger partial charge >= 0.3 is 5.97 Å². The number of carboxylic acid groups (broad SMARTS) is 1. The topological polar surface area (TPSA) is 46.5 Å². The van der Waals surface area contributed by atoms with Crippen molar-refractivity contribution in [1.29, 1.82) is 0 Å². The van der Waals surface area contributed by atoms with Crippen LogP contribution >= 0.6 is 15.9 Å². The van der Waals surface area contributed by atoms with Crippen LogP contribution in [-0.4, -0.2) is 17.2 Å². The molecule has 0 aliphatic carbocycles. The number of benzene rings is 1. The predicted molar refractivity (Wildman–Crippen MR) is 61.5 cm³/mol. The zero-order valence-corrected chi connectivity index (χ0v) is 10.2. The Kier molecular flexibility index (Phi) is 4.15. The Hall–Kier alpha value is -1.03. The highest BCUT2D eigenvalue weighted by Crippen LogP contribution is 2.27. The van der Waals surface area contributed by atoms with Gasteiger partial charge in [0, 0.05) is 4.47 Å². The Morgan fingerprint density at radius 2 is 2.27 bits per heavy atom. The number of hydrogen-bond donors (Lipinski definition) is 1. The van der Waals surface area contributed by atoms with Crippen molar-refractivity contribution in [3.63, 3.8) is 0 Å². The number of carboxylic acids is 1. The lowest BCUT2D eigenvalue weighted by molar-refractivity contribution is 0.0688. The van der Waals surface area contributed by atoms with Crippen LogP contribution in [0.5, 0.6) is 5.75 Å². The maximum Gasteiger partial charge on any atom is 0.340 e. The Bertz CT molecular complexity index is 363. The van der Waals surface area contributed by atoms with Crippen molar-refractivity contribution in [3.05, 3.63) is 28.2 Å². The van der Waals surface area contributed by atoms with Gasteiger partial charge in [0.1, 0.15) is 11.3 Å². The van der Waals surface area contributed by atoms with Crippen LogP contribution in [0.1, 0.15) is 30.6 Å². The zero-order chi connectivity index (χ0) is 11.4. The van der Waals surface area contributed by atoms with Gasteiger partial charge in [0.15, 0.2) is 0 Å². The second kappa shape index (κ2) is 5.16. The Balaban J connectivity index is 3.06. The number of aromatic carboxylic acids is 1. The summed E-state index contributed by atoms with van der Waals surface area (Å²) in [5.41, 5.74) is 0.179. The summed E-state index contributed by atoms with van der Waals surface area (Å²) in [4.78, 5) is 11.0. The number of rotatable bonds is 4. The minimum Gasteiger partial charge on any atom is -0.490 e. The summed E-state index contributed by atoms with van der Waals surface area (Å²) < 4.78 is 6.06. The van der Waals surface area contributed by atoms with Gasteiger partial charge in [0.25, 0.3) is 0 Å². The van der Waals surface area contributed by atoms with Gasteiger partial charge in [-0.2, -0.15) is 0 Å². The molecule has 3 nitrogen and oxygen atoms in total. The fourth-order valence-corrected chi connectivity index (χ4v) is 1.63. The molecular weight excluding hydrogens is 260 g/mol. The highest BCUT2D eigenvalue weighted by molar-refractivity contribution is 9.10. The molecule has 1 aromatic rings. The van der Waals surface area contributed by atoms with Crippen molar-refractivity contribution in [1.82, 2.24) is 0 Å². The van der Waals surface area contributed by atoms with Gasteiger partial charge in [0.2, 0.25) is 0 Å². The maximum absolute atomic E-state index is 11.0. The van der Waals surface area contributed by atoms with Gasteiger partial charge in [-0.25, -0.2) is 4.79 Å². The first kappa shape index (κ1) is 12.0. The van der Waals surface area contributed by atoms with Gasteiger partial charge in [-0.3, -0.25) is 0 Å². The van der Waals surface area contributed by atoms with Gasteiger partial charge < -0.3 is 9.84 Å². The highest BCUT2D eigenvalue weighted by Gasteiger charge is 2.16. The molecule has 0 aliphatic rings. The number of carbonyl (C=O) groups is 1. The van der Waals surface area contributed by atoms with Crippen LogP contribution in [-0.2, 0) is 0 Å². The molecule has 82 valence electrons. The molecule has 0 saturated carbocycles. The quantitative estimate of drug-likeness (QED) is 0.915. The van der Waals surface area contributed by atoms with E-state index in [1.165, 1.54) is 0 Å². The Morgan fingerprint density at radius 1 is 1.60 bits per heavy atom. The molecule has 1 unspecified atom stereocenters. The molecule has 1 rings (SSSR count). The molecule has 15 heavy (non-hydrogen) atoms. The van der Waals surface area contributed by atoms with E-state index >= 15 is 0 Å². The van der Waals surface area contributed by atoms with Crippen LogP contribution in [0.2, 0.25) is 0 Å². The van der Waals surface area contributed by atoms with Crippen molar-refractivity contribution < 1.29 is 14.6 Å². The molecule has 1 atom stereocenters. The predicted octanol–water partition coefficient (Wildman–Crippen LogP) is 3.32. The second-order valence-corrected chi connectivity index (χ2v) is 4.11. The van der Waals surface area contributed by atoms with E-state index in [0.717, 1.165) is 6.42 Å². The Morgan fingerprint density at radius 3 is 2.80 bits per heavy atom. The largest absolute Gasteiger partial charge is 0.490 e. The summed E-state index contributed by atoms with van der Waals surface area (Å²) in [6, 6.07) is 5.11. The minimum atomic E-state index is -0.985. The SMILES string of the molecule is CCC(C)Oc1cccc(Br)c1C(=O)O. The lowest BCUT2D eigenvalue weighted by Crippen LogP contribution is -2.13. The molecule has 1 aromatic carbocycles. The van der Waals surface area contributed by atoms with E-state index in [9.17, 15) is 4.79 Å². The molecule has 0 aromatic heterocycles. The normalized spacial score (nSPS) is 12.2. The van der Waals surface area contributed by atoms with E-state index < -0.39 is 5.97 Å². The molecular formula is C11H13BrO3. The lowest BCUT2D eigenvalue weighted by atomic mass is 10.2. The van der Waals surface area contributed by atoms with Crippen molar-refractivity contribution >= 4 is 21.9 Å². The molecule has 4 heteroatoms. The van der Waals surface area contributed by atoms with Crippen LogP contribution in [0.15, 0.2) is 22.7 Å². The van der Waals surface area contributed by atoms with Crippen molar-refractivity contribution in [2.75, 3.05) is 0 Å². The molecule has 0 spiro atoms. The van der Waals surface area contributed by atoms with Crippen LogP contribution in [0.3, 0.4) is 0 Å². The molecule has 0 aliphatic heterocycles. The average Bonchev–Trinajstić information content (AvgIpc) is 2.17. The average molecular weight is 273 g/mol. The first-order valence-electron chi connectivity index (χ1n) is 4.74. The lowest BCUT2D eigenvalue weighted by Gasteiger charge is -2.15. The summed E-state index contributed by atoms with van der Waals surface area (Å²) in [5, 5.41) is 9.02. The van der Waals surface area contributed by atoms with Crippen LogP contribution < -0.4 is 4.74 Å². The smallest absolute Gasteiger partial charge is 0.340 e. The van der Waals surface area contributed by atoms with Gasteiger partial charge in [-0.05, 0) is 41.4 Å². The molecule has 0 saturated heterocycles. The fraction of sp³-hybridized carbons (Fsp3) is 0.364. The highest BCUT2D eigenvalue weighted by atomic mass is 79.9. The van der Waals surface area contributed by atoms with E-state index in [1.54, 1.807) is 18.2 Å². The van der Waals surface area contributed by atoms with Gasteiger partial charge in [-0.1, -0.05) is 13.0 Å². The summed E-state index contributed by atoms with van der Waals surface area (Å²) in [5.74, 6) is -0.577. The van der Waals surface area contributed by atoms with Crippen LogP contribution in [0.4, 0.5) is 0 Å². The first-order valence-corrected chi connectivity index (χ1v) is 5.54. The van der Waals surface area contributed by atoms with E-state index in [1.807, 2.05) is 13.8 Å².